The number of hydrogen-bond acceptors (Lipinski definition) is 7. The largest absolute Gasteiger partial charge is 0.493 e. The molecule has 3 rings (SSSR count). The number of ether oxygens (including phenoxy) is 3. The van der Waals surface area contributed by atoms with Gasteiger partial charge < -0.3 is 19.5 Å². The van der Waals surface area contributed by atoms with Crippen molar-refractivity contribution in [1.29, 1.82) is 0 Å². The van der Waals surface area contributed by atoms with E-state index < -0.39 is 15.8 Å². The van der Waals surface area contributed by atoms with Gasteiger partial charge in [0.1, 0.15) is 12.2 Å². The lowest BCUT2D eigenvalue weighted by Gasteiger charge is -2.16. The number of benzene rings is 3. The maximum Gasteiger partial charge on any atom is 0.341 e. The Balaban J connectivity index is 1.97. The van der Waals surface area contributed by atoms with E-state index in [9.17, 15) is 18.0 Å². The number of nitrogens with one attached hydrogen (secondary N) is 1. The molecule has 0 aliphatic carbocycles. The van der Waals surface area contributed by atoms with Crippen LogP contribution in [0.5, 0.6) is 11.5 Å². The molecule has 0 unspecified atom stereocenters. The second-order valence-electron chi connectivity index (χ2n) is 7.24. The van der Waals surface area contributed by atoms with Crippen molar-refractivity contribution in [3.63, 3.8) is 0 Å². The summed E-state index contributed by atoms with van der Waals surface area (Å²) >= 11 is 0. The van der Waals surface area contributed by atoms with E-state index in [0.717, 1.165) is 11.1 Å². The molecule has 0 aliphatic rings. The molecule has 3 aromatic rings. The fourth-order valence-electron chi connectivity index (χ4n) is 3.27. The van der Waals surface area contributed by atoms with Gasteiger partial charge in [-0.3, -0.25) is 4.79 Å². The molecule has 0 heterocycles. The summed E-state index contributed by atoms with van der Waals surface area (Å²) in [7, 11) is -1.41. The molecular weight excluding hydrogens is 458 g/mol. The summed E-state index contributed by atoms with van der Waals surface area (Å²) < 4.78 is 42.7. The predicted molar refractivity (Wildman–Crippen MR) is 125 cm³/mol. The molecular formula is C25H25NO7S. The molecule has 0 atom stereocenters. The van der Waals surface area contributed by atoms with E-state index in [1.165, 1.54) is 38.5 Å². The lowest BCUT2D eigenvalue weighted by Crippen LogP contribution is -2.14. The minimum Gasteiger partial charge on any atom is -0.493 e. The summed E-state index contributed by atoms with van der Waals surface area (Å²) in [6.45, 7) is 0.591. The predicted octanol–water partition coefficient (Wildman–Crippen LogP) is 3.18. The van der Waals surface area contributed by atoms with Gasteiger partial charge in [0.15, 0.2) is 11.5 Å². The minimum atomic E-state index is -3.98. The van der Waals surface area contributed by atoms with Crippen LogP contribution in [0, 0.1) is 0 Å². The standard InChI is InChI=1S/C25H25NO7S/c1-31-23-15-21(34(29,30)20-10-8-18(9-11-20)12-13-26-17-27)14-22(25(28)32-2)24(23)33-16-19-6-4-3-5-7-19/h3-11,14-15,17H,12-13,16H2,1-2H3,(H,26,27). The molecule has 3 aromatic carbocycles. The Bertz CT molecular complexity index is 1240. The normalized spacial score (nSPS) is 10.9. The highest BCUT2D eigenvalue weighted by atomic mass is 32.2. The highest BCUT2D eigenvalue weighted by Crippen LogP contribution is 2.37. The molecule has 0 spiro atoms. The quantitative estimate of drug-likeness (QED) is 0.254. The molecule has 0 bridgehead atoms. The number of carbonyl (C=O) groups excluding carboxylic acids is 2. The molecule has 0 radical (unpaired) electrons. The topological polar surface area (TPSA) is 108 Å². The molecule has 9 heteroatoms. The summed E-state index contributed by atoms with van der Waals surface area (Å²) in [5, 5.41) is 2.56. The fraction of sp³-hybridized carbons (Fsp3) is 0.200. The Morgan fingerprint density at radius 2 is 1.65 bits per heavy atom. The van der Waals surface area contributed by atoms with E-state index >= 15 is 0 Å². The second kappa shape index (κ2) is 11.3. The monoisotopic (exact) mass is 483 g/mol. The van der Waals surface area contributed by atoms with E-state index in [1.54, 1.807) is 12.1 Å². The van der Waals surface area contributed by atoms with Crippen molar-refractivity contribution in [2.45, 2.75) is 22.8 Å². The number of hydrogen-bond donors (Lipinski definition) is 1. The number of amides is 1. The summed E-state index contributed by atoms with van der Waals surface area (Å²) in [5.74, 6) is -0.569. The van der Waals surface area contributed by atoms with E-state index in [2.05, 4.69) is 5.32 Å². The first-order valence-electron chi connectivity index (χ1n) is 10.4. The van der Waals surface area contributed by atoms with Crippen LogP contribution in [0.15, 0.2) is 76.5 Å². The highest BCUT2D eigenvalue weighted by Gasteiger charge is 2.26. The molecule has 8 nitrogen and oxygen atoms in total. The highest BCUT2D eigenvalue weighted by molar-refractivity contribution is 7.91. The van der Waals surface area contributed by atoms with Crippen molar-refractivity contribution in [2.24, 2.45) is 0 Å². The first-order valence-corrected chi connectivity index (χ1v) is 11.9. The number of carbonyl (C=O) groups is 2. The average Bonchev–Trinajstić information content (AvgIpc) is 2.87. The van der Waals surface area contributed by atoms with Gasteiger partial charge in [0.05, 0.1) is 24.0 Å². The first-order chi connectivity index (χ1) is 16.4. The van der Waals surface area contributed by atoms with E-state index in [1.807, 2.05) is 30.3 Å². The summed E-state index contributed by atoms with van der Waals surface area (Å²) in [5.41, 5.74) is 1.67. The van der Waals surface area contributed by atoms with Crippen LogP contribution in [0.4, 0.5) is 0 Å². The van der Waals surface area contributed by atoms with Crippen LogP contribution in [-0.2, 0) is 32.4 Å². The molecule has 0 fully saturated rings. The maximum atomic E-state index is 13.3. The Hall–Kier alpha value is -3.85. The molecule has 34 heavy (non-hydrogen) atoms. The molecule has 0 saturated heterocycles. The lowest BCUT2D eigenvalue weighted by molar-refractivity contribution is -0.109. The zero-order chi connectivity index (χ0) is 24.6. The van der Waals surface area contributed by atoms with Crippen LogP contribution >= 0.6 is 0 Å². The van der Waals surface area contributed by atoms with Gasteiger partial charge in [0.25, 0.3) is 0 Å². The van der Waals surface area contributed by atoms with Gasteiger partial charge in [-0.25, -0.2) is 13.2 Å². The van der Waals surface area contributed by atoms with Crippen LogP contribution in [0.3, 0.4) is 0 Å². The molecule has 0 saturated carbocycles. The number of sulfone groups is 1. The number of esters is 1. The Morgan fingerprint density at radius 3 is 2.26 bits per heavy atom. The van der Waals surface area contributed by atoms with Gasteiger partial charge in [-0.15, -0.1) is 0 Å². The van der Waals surface area contributed by atoms with Crippen LogP contribution in [0.2, 0.25) is 0 Å². The van der Waals surface area contributed by atoms with Crippen LogP contribution < -0.4 is 14.8 Å². The molecule has 0 aromatic heterocycles. The SMILES string of the molecule is COC(=O)c1cc(S(=O)(=O)c2ccc(CCNC=O)cc2)cc(OC)c1OCc1ccccc1. The van der Waals surface area contributed by atoms with Crippen molar-refractivity contribution < 1.29 is 32.2 Å². The molecule has 0 aliphatic heterocycles. The van der Waals surface area contributed by atoms with Crippen LogP contribution in [0.1, 0.15) is 21.5 Å². The van der Waals surface area contributed by atoms with Crippen molar-refractivity contribution in [2.75, 3.05) is 20.8 Å². The van der Waals surface area contributed by atoms with Gasteiger partial charge in [-0.2, -0.15) is 0 Å². The first kappa shape index (κ1) is 24.8. The third-order valence-electron chi connectivity index (χ3n) is 5.06. The molecule has 1 amide bonds. The lowest BCUT2D eigenvalue weighted by atomic mass is 10.1. The van der Waals surface area contributed by atoms with Gasteiger partial charge in [0.2, 0.25) is 16.2 Å². The molecule has 1 N–H and O–H groups in total. The maximum absolute atomic E-state index is 13.3. The number of rotatable bonds is 11. The molecule has 178 valence electrons. The number of methoxy groups -OCH3 is 2. The van der Waals surface area contributed by atoms with Crippen molar-refractivity contribution in [3.05, 3.63) is 83.4 Å². The summed E-state index contributed by atoms with van der Waals surface area (Å²) in [6, 6.07) is 18.2. The summed E-state index contributed by atoms with van der Waals surface area (Å²) in [4.78, 5) is 22.8. The van der Waals surface area contributed by atoms with E-state index in [-0.39, 0.29) is 33.5 Å². The van der Waals surface area contributed by atoms with Crippen molar-refractivity contribution in [3.8, 4) is 11.5 Å². The van der Waals surface area contributed by atoms with E-state index in [0.29, 0.717) is 19.4 Å². The van der Waals surface area contributed by atoms with Gasteiger partial charge >= 0.3 is 5.97 Å². The Kier molecular flexibility index (Phi) is 8.26. The third-order valence-corrected chi connectivity index (χ3v) is 6.81. The Labute approximate surface area is 198 Å². The smallest absolute Gasteiger partial charge is 0.341 e. The second-order valence-corrected chi connectivity index (χ2v) is 9.19. The van der Waals surface area contributed by atoms with E-state index in [4.69, 9.17) is 14.2 Å². The Morgan fingerprint density at radius 1 is 0.941 bits per heavy atom. The van der Waals surface area contributed by atoms with Crippen LogP contribution in [-0.4, -0.2) is 41.6 Å². The van der Waals surface area contributed by atoms with Gasteiger partial charge in [0, 0.05) is 12.6 Å². The third kappa shape index (κ3) is 5.74. The minimum absolute atomic E-state index is 0.0513. The average molecular weight is 484 g/mol. The van der Waals surface area contributed by atoms with Crippen molar-refractivity contribution >= 4 is 22.2 Å². The van der Waals surface area contributed by atoms with Gasteiger partial charge in [-0.05, 0) is 35.7 Å². The fourth-order valence-corrected chi connectivity index (χ4v) is 4.57. The zero-order valence-electron chi connectivity index (χ0n) is 18.8. The van der Waals surface area contributed by atoms with Crippen LogP contribution in [0.25, 0.3) is 0 Å². The van der Waals surface area contributed by atoms with Crippen molar-refractivity contribution in [1.82, 2.24) is 5.32 Å². The zero-order valence-corrected chi connectivity index (χ0v) is 19.6. The summed E-state index contributed by atoms with van der Waals surface area (Å²) in [6.07, 6.45) is 1.17. The van der Waals surface area contributed by atoms with Gasteiger partial charge in [-0.1, -0.05) is 42.5 Å².